The maximum atomic E-state index is 5.29. The number of nitrogens with one attached hydrogen (secondary N) is 1. The van der Waals surface area contributed by atoms with E-state index in [1.807, 2.05) is 29.8 Å². The highest BCUT2D eigenvalue weighted by Crippen LogP contribution is 2.21. The number of hydrogen-bond donors (Lipinski definition) is 1. The molecule has 3 aromatic heterocycles. The first-order valence-corrected chi connectivity index (χ1v) is 8.20. The van der Waals surface area contributed by atoms with E-state index in [4.69, 9.17) is 4.52 Å². The monoisotopic (exact) mass is 314 g/mol. The number of hydrogen-bond acceptors (Lipinski definition) is 6. The Labute approximate surface area is 133 Å². The van der Waals surface area contributed by atoms with E-state index in [2.05, 4.69) is 33.4 Å². The van der Waals surface area contributed by atoms with Gasteiger partial charge in [-0.3, -0.25) is 4.98 Å². The molecule has 5 nitrogen and oxygen atoms in total. The molecule has 22 heavy (non-hydrogen) atoms. The lowest BCUT2D eigenvalue weighted by molar-refractivity contribution is 0.374. The Morgan fingerprint density at radius 2 is 2.27 bits per heavy atom. The normalized spacial score (nSPS) is 12.4. The first kappa shape index (κ1) is 14.9. The van der Waals surface area contributed by atoms with Crippen molar-refractivity contribution >= 4 is 11.3 Å². The zero-order valence-electron chi connectivity index (χ0n) is 12.4. The summed E-state index contributed by atoms with van der Waals surface area (Å²) in [6.45, 7) is 3.03. The van der Waals surface area contributed by atoms with Gasteiger partial charge in [0.2, 0.25) is 11.7 Å². The van der Waals surface area contributed by atoms with Crippen molar-refractivity contribution in [2.75, 3.05) is 6.54 Å². The molecular weight excluding hydrogens is 296 g/mol. The fourth-order valence-corrected chi connectivity index (χ4v) is 2.82. The van der Waals surface area contributed by atoms with Gasteiger partial charge in [-0.1, -0.05) is 17.3 Å². The van der Waals surface area contributed by atoms with E-state index in [0.717, 1.165) is 24.3 Å². The lowest BCUT2D eigenvalue weighted by Gasteiger charge is -2.12. The summed E-state index contributed by atoms with van der Waals surface area (Å²) in [5, 5.41) is 9.50. The molecular formula is C16H18N4OS. The van der Waals surface area contributed by atoms with Gasteiger partial charge in [-0.2, -0.15) is 4.98 Å². The van der Waals surface area contributed by atoms with E-state index < -0.39 is 0 Å². The van der Waals surface area contributed by atoms with Crippen molar-refractivity contribution in [1.82, 2.24) is 20.4 Å². The molecule has 6 heteroatoms. The third-order valence-electron chi connectivity index (χ3n) is 3.41. The third kappa shape index (κ3) is 3.78. The topological polar surface area (TPSA) is 63.8 Å². The maximum Gasteiger partial charge on any atom is 0.227 e. The highest BCUT2D eigenvalue weighted by atomic mass is 32.1. The zero-order valence-corrected chi connectivity index (χ0v) is 13.2. The van der Waals surface area contributed by atoms with E-state index >= 15 is 0 Å². The van der Waals surface area contributed by atoms with Crippen LogP contribution < -0.4 is 5.32 Å². The Morgan fingerprint density at radius 1 is 1.32 bits per heavy atom. The Morgan fingerprint density at radius 3 is 3.05 bits per heavy atom. The van der Waals surface area contributed by atoms with Crippen LogP contribution in [0.4, 0.5) is 0 Å². The maximum absolute atomic E-state index is 5.29. The van der Waals surface area contributed by atoms with Crippen LogP contribution in [0.1, 0.15) is 30.8 Å². The molecule has 0 saturated heterocycles. The molecule has 0 bridgehead atoms. The van der Waals surface area contributed by atoms with E-state index in [1.165, 1.54) is 5.56 Å². The largest absolute Gasteiger partial charge is 0.339 e. The van der Waals surface area contributed by atoms with Gasteiger partial charge in [0, 0.05) is 24.9 Å². The summed E-state index contributed by atoms with van der Waals surface area (Å²) in [4.78, 5) is 9.60. The Hall–Kier alpha value is -2.05. The standard InChI is InChI=1S/C16H18N4OS/c1-12(13-5-2-8-17-11-13)18-9-3-7-15-19-16(20-21-15)14-6-4-10-22-14/h2,4-6,8,10-12,18H,3,7,9H2,1H3/t12-/m1/s1. The summed E-state index contributed by atoms with van der Waals surface area (Å²) in [7, 11) is 0. The fraction of sp³-hybridized carbons (Fsp3) is 0.312. The molecule has 0 spiro atoms. The van der Waals surface area contributed by atoms with Crippen LogP contribution in [0.2, 0.25) is 0 Å². The van der Waals surface area contributed by atoms with Crippen LogP contribution in [0.5, 0.6) is 0 Å². The third-order valence-corrected chi connectivity index (χ3v) is 4.28. The van der Waals surface area contributed by atoms with Crippen LogP contribution in [0.3, 0.4) is 0 Å². The van der Waals surface area contributed by atoms with Crippen LogP contribution in [0.15, 0.2) is 46.6 Å². The Bertz CT molecular complexity index is 681. The van der Waals surface area contributed by atoms with Gasteiger partial charge in [0.15, 0.2) is 0 Å². The molecule has 0 saturated carbocycles. The lowest BCUT2D eigenvalue weighted by atomic mass is 10.1. The lowest BCUT2D eigenvalue weighted by Crippen LogP contribution is -2.20. The molecule has 0 radical (unpaired) electrons. The summed E-state index contributed by atoms with van der Waals surface area (Å²) in [5.74, 6) is 1.38. The molecule has 114 valence electrons. The molecule has 1 atom stereocenters. The van der Waals surface area contributed by atoms with Crippen LogP contribution in [0, 0.1) is 0 Å². The second-order valence-corrected chi connectivity index (χ2v) is 6.00. The number of aromatic nitrogens is 3. The fourth-order valence-electron chi connectivity index (χ4n) is 2.17. The Balaban J connectivity index is 1.44. The van der Waals surface area contributed by atoms with Crippen molar-refractivity contribution in [3.05, 3.63) is 53.5 Å². The quantitative estimate of drug-likeness (QED) is 0.676. The van der Waals surface area contributed by atoms with Crippen molar-refractivity contribution in [3.63, 3.8) is 0 Å². The smallest absolute Gasteiger partial charge is 0.227 e. The van der Waals surface area contributed by atoms with E-state index in [1.54, 1.807) is 17.5 Å². The minimum Gasteiger partial charge on any atom is -0.339 e. The SMILES string of the molecule is C[C@@H](NCCCc1nc(-c2cccs2)no1)c1cccnc1. The molecule has 0 fully saturated rings. The highest BCUT2D eigenvalue weighted by molar-refractivity contribution is 7.13. The molecule has 0 aliphatic rings. The van der Waals surface area contributed by atoms with E-state index in [0.29, 0.717) is 11.7 Å². The molecule has 3 aromatic rings. The minimum absolute atomic E-state index is 0.290. The van der Waals surface area contributed by atoms with Crippen LogP contribution in [-0.2, 0) is 6.42 Å². The molecule has 0 amide bonds. The summed E-state index contributed by atoms with van der Waals surface area (Å²) in [6, 6.07) is 8.31. The van der Waals surface area contributed by atoms with Gasteiger partial charge in [-0.05, 0) is 43.0 Å². The zero-order chi connectivity index (χ0) is 15.2. The minimum atomic E-state index is 0.290. The molecule has 3 heterocycles. The molecule has 1 N–H and O–H groups in total. The number of nitrogens with zero attached hydrogens (tertiary/aromatic N) is 3. The molecule has 0 aromatic carbocycles. The molecule has 3 rings (SSSR count). The van der Waals surface area contributed by atoms with Gasteiger partial charge in [-0.15, -0.1) is 11.3 Å². The summed E-state index contributed by atoms with van der Waals surface area (Å²) >= 11 is 1.62. The second kappa shape index (κ2) is 7.29. The van der Waals surface area contributed by atoms with Crippen molar-refractivity contribution in [2.45, 2.75) is 25.8 Å². The van der Waals surface area contributed by atoms with Crippen LogP contribution >= 0.6 is 11.3 Å². The summed E-state index contributed by atoms with van der Waals surface area (Å²) in [5.41, 5.74) is 1.19. The van der Waals surface area contributed by atoms with Gasteiger partial charge in [0.25, 0.3) is 0 Å². The first-order valence-electron chi connectivity index (χ1n) is 7.32. The summed E-state index contributed by atoms with van der Waals surface area (Å²) < 4.78 is 5.29. The van der Waals surface area contributed by atoms with Crippen molar-refractivity contribution in [2.24, 2.45) is 0 Å². The molecule has 0 aliphatic heterocycles. The van der Waals surface area contributed by atoms with Crippen LogP contribution in [-0.4, -0.2) is 21.7 Å². The van der Waals surface area contributed by atoms with Crippen molar-refractivity contribution in [1.29, 1.82) is 0 Å². The molecule has 0 unspecified atom stereocenters. The van der Waals surface area contributed by atoms with Gasteiger partial charge >= 0.3 is 0 Å². The molecule has 0 aliphatic carbocycles. The number of aryl methyl sites for hydroxylation is 1. The first-order chi connectivity index (χ1) is 10.8. The van der Waals surface area contributed by atoms with Crippen molar-refractivity contribution < 1.29 is 4.52 Å². The average molecular weight is 314 g/mol. The predicted octanol–water partition coefficient (Wildman–Crippen LogP) is 3.48. The van der Waals surface area contributed by atoms with Gasteiger partial charge in [0.1, 0.15) is 0 Å². The van der Waals surface area contributed by atoms with Crippen molar-refractivity contribution in [3.8, 4) is 10.7 Å². The van der Waals surface area contributed by atoms with Gasteiger partial charge in [-0.25, -0.2) is 0 Å². The number of pyridine rings is 1. The summed E-state index contributed by atoms with van der Waals surface area (Å²) in [6.07, 6.45) is 5.42. The highest BCUT2D eigenvalue weighted by Gasteiger charge is 2.09. The average Bonchev–Trinajstić information content (AvgIpc) is 3.23. The number of rotatable bonds is 7. The Kier molecular flexibility index (Phi) is 4.92. The van der Waals surface area contributed by atoms with Gasteiger partial charge in [0.05, 0.1) is 4.88 Å². The number of thiophene rings is 1. The second-order valence-electron chi connectivity index (χ2n) is 5.05. The predicted molar refractivity (Wildman–Crippen MR) is 86.6 cm³/mol. The van der Waals surface area contributed by atoms with E-state index in [-0.39, 0.29) is 6.04 Å². The van der Waals surface area contributed by atoms with E-state index in [9.17, 15) is 0 Å². The van der Waals surface area contributed by atoms with Crippen LogP contribution in [0.25, 0.3) is 10.7 Å². The van der Waals surface area contributed by atoms with Gasteiger partial charge < -0.3 is 9.84 Å².